The summed E-state index contributed by atoms with van der Waals surface area (Å²) in [4.78, 5) is 14.9. The number of aliphatic hydroxyl groups excluding tert-OH is 2. The molecule has 3 N–H and O–H groups in total. The zero-order chi connectivity index (χ0) is 19.2. The molecule has 2 heterocycles. The van der Waals surface area contributed by atoms with Crippen LogP contribution in [0.2, 0.25) is 0 Å². The molecule has 28 heavy (non-hydrogen) atoms. The molecular weight excluding hydrogens is 400 g/mol. The molecule has 6 nitrogen and oxygen atoms in total. The third-order valence-corrected chi connectivity index (χ3v) is 5.82. The van der Waals surface area contributed by atoms with E-state index >= 15 is 0 Å². The highest BCUT2D eigenvalue weighted by Crippen LogP contribution is 2.25. The summed E-state index contributed by atoms with van der Waals surface area (Å²) in [5, 5.41) is 24.8. The van der Waals surface area contributed by atoms with Gasteiger partial charge in [-0.2, -0.15) is 0 Å². The Balaban J connectivity index is 0.00000280. The summed E-state index contributed by atoms with van der Waals surface area (Å²) < 4.78 is 5.82. The maximum atomic E-state index is 12.2. The van der Waals surface area contributed by atoms with Crippen LogP contribution in [0.4, 0.5) is 0 Å². The molecule has 4 atom stereocenters. The number of nitrogens with one attached hydrogen (secondary N) is 1. The number of nitrogens with zero attached hydrogens (tertiary/aromatic N) is 1. The van der Waals surface area contributed by atoms with E-state index < -0.39 is 12.2 Å². The van der Waals surface area contributed by atoms with Gasteiger partial charge in [-0.05, 0) is 30.5 Å². The molecule has 0 unspecified atom stereocenters. The summed E-state index contributed by atoms with van der Waals surface area (Å²) >= 11 is 1.38. The van der Waals surface area contributed by atoms with Gasteiger partial charge in [0, 0.05) is 13.1 Å². The maximum absolute atomic E-state index is 12.2. The van der Waals surface area contributed by atoms with Crippen molar-refractivity contribution >= 4 is 29.7 Å². The normalized spacial score (nSPS) is 24.1. The molecule has 0 aliphatic carbocycles. The molecule has 0 radical (unpaired) electrons. The quantitative estimate of drug-likeness (QED) is 0.596. The second-order valence-corrected chi connectivity index (χ2v) is 7.73. The Bertz CT molecular complexity index is 716. The molecule has 154 valence electrons. The van der Waals surface area contributed by atoms with Crippen molar-refractivity contribution in [1.29, 1.82) is 0 Å². The molecule has 1 aliphatic heterocycles. The van der Waals surface area contributed by atoms with E-state index in [1.807, 2.05) is 36.7 Å². The molecule has 0 spiro atoms. The van der Waals surface area contributed by atoms with Crippen LogP contribution < -0.4 is 5.32 Å². The average molecular weight is 427 g/mol. The second-order valence-electron chi connectivity index (χ2n) is 6.78. The lowest BCUT2D eigenvalue weighted by Gasteiger charge is -2.30. The zero-order valence-corrected chi connectivity index (χ0v) is 17.4. The van der Waals surface area contributed by atoms with Crippen LogP contribution in [0.25, 0.3) is 0 Å². The smallest absolute Gasteiger partial charge is 0.261 e. The molecule has 3 rings (SSSR count). The van der Waals surface area contributed by atoms with E-state index in [1.54, 1.807) is 6.07 Å². The van der Waals surface area contributed by atoms with Gasteiger partial charge in [0.15, 0.2) is 0 Å². The molecule has 0 bridgehead atoms. The Morgan fingerprint density at radius 1 is 1.21 bits per heavy atom. The fourth-order valence-corrected chi connectivity index (χ4v) is 4.12. The van der Waals surface area contributed by atoms with E-state index in [0.29, 0.717) is 4.88 Å². The predicted molar refractivity (Wildman–Crippen MR) is 112 cm³/mol. The minimum Gasteiger partial charge on any atom is -0.394 e. The Labute approximate surface area is 175 Å². The summed E-state index contributed by atoms with van der Waals surface area (Å²) in [6, 6.07) is 13.5. The molecule has 1 aromatic carbocycles. The van der Waals surface area contributed by atoms with Crippen LogP contribution in [0.3, 0.4) is 0 Å². The van der Waals surface area contributed by atoms with Crippen molar-refractivity contribution in [3.8, 4) is 0 Å². The zero-order valence-electron chi connectivity index (χ0n) is 15.7. The van der Waals surface area contributed by atoms with Crippen LogP contribution in [0.5, 0.6) is 0 Å². The van der Waals surface area contributed by atoms with Gasteiger partial charge in [-0.1, -0.05) is 36.4 Å². The van der Waals surface area contributed by atoms with Gasteiger partial charge in [0.1, 0.15) is 12.2 Å². The Hall–Kier alpha value is -1.48. The van der Waals surface area contributed by atoms with Gasteiger partial charge in [0.25, 0.3) is 5.91 Å². The summed E-state index contributed by atoms with van der Waals surface area (Å²) in [5.74, 6) is -0.152. The van der Waals surface area contributed by atoms with Gasteiger partial charge in [-0.3, -0.25) is 9.69 Å². The number of hydrogen-bond acceptors (Lipinski definition) is 6. The topological polar surface area (TPSA) is 82.0 Å². The minimum atomic E-state index is -0.806. The van der Waals surface area contributed by atoms with E-state index in [9.17, 15) is 15.0 Å². The van der Waals surface area contributed by atoms with E-state index in [-0.39, 0.29) is 43.6 Å². The number of hydrogen-bond donors (Lipinski definition) is 3. The number of halogens is 1. The number of ether oxygens (including phenoxy) is 1. The molecule has 1 fully saturated rings. The minimum absolute atomic E-state index is 0. The number of benzene rings is 1. The lowest BCUT2D eigenvalue weighted by molar-refractivity contribution is -0.0209. The average Bonchev–Trinajstić information content (AvgIpc) is 3.33. The molecule has 8 heteroatoms. The third-order valence-electron chi connectivity index (χ3n) is 4.96. The fraction of sp³-hybridized carbons (Fsp3) is 0.450. The first kappa shape index (κ1) is 22.8. The van der Waals surface area contributed by atoms with Crippen LogP contribution in [-0.4, -0.2) is 72.1 Å². The van der Waals surface area contributed by atoms with E-state index in [0.717, 1.165) is 13.0 Å². The van der Waals surface area contributed by atoms with Crippen molar-refractivity contribution in [3.63, 3.8) is 0 Å². The Morgan fingerprint density at radius 2 is 1.96 bits per heavy atom. The number of carbonyl (C=O) groups excluding carboxylic acids is 1. The Morgan fingerprint density at radius 3 is 2.61 bits per heavy atom. The van der Waals surface area contributed by atoms with Gasteiger partial charge >= 0.3 is 0 Å². The van der Waals surface area contributed by atoms with Gasteiger partial charge in [-0.25, -0.2) is 0 Å². The first-order valence-electron chi connectivity index (χ1n) is 9.10. The monoisotopic (exact) mass is 426 g/mol. The fourth-order valence-electron chi connectivity index (χ4n) is 3.48. The van der Waals surface area contributed by atoms with E-state index in [1.165, 1.54) is 16.9 Å². The van der Waals surface area contributed by atoms with E-state index in [4.69, 9.17) is 4.74 Å². The third kappa shape index (κ3) is 5.53. The van der Waals surface area contributed by atoms with Crippen LogP contribution in [0.15, 0.2) is 47.8 Å². The second kappa shape index (κ2) is 10.9. The van der Waals surface area contributed by atoms with Gasteiger partial charge in [-0.15, -0.1) is 23.7 Å². The number of carbonyl (C=O) groups is 1. The molecular formula is C20H27ClN2O4S. The standard InChI is InChI=1S/C20H26N2O4S.ClH/c1-22(10-9-14-6-3-2-4-7-14)18-15(26-16(13-23)19(18)24)12-21-20(25)17-8-5-11-27-17;/h2-8,11,15-16,18-19,23-24H,9-10,12-13H2,1H3,(H,21,25);1H/t15-,16+,18+,19-;/m1./s1. The summed E-state index contributed by atoms with van der Waals surface area (Å²) in [6.45, 7) is 0.771. The molecule has 1 aromatic heterocycles. The number of rotatable bonds is 8. The number of amides is 1. The number of likely N-dealkylation sites (N-methyl/N-ethyl adjacent to an activating group) is 1. The highest BCUT2D eigenvalue weighted by atomic mass is 35.5. The number of thiophene rings is 1. The Kier molecular flexibility index (Phi) is 8.88. The largest absolute Gasteiger partial charge is 0.394 e. The highest BCUT2D eigenvalue weighted by molar-refractivity contribution is 7.12. The van der Waals surface area contributed by atoms with Crippen LogP contribution >= 0.6 is 23.7 Å². The molecule has 1 saturated heterocycles. The lowest BCUT2D eigenvalue weighted by atomic mass is 10.0. The lowest BCUT2D eigenvalue weighted by Crippen LogP contribution is -2.50. The first-order chi connectivity index (χ1) is 13.1. The van der Waals surface area contributed by atoms with Crippen molar-refractivity contribution in [2.45, 2.75) is 30.8 Å². The number of aliphatic hydroxyl groups is 2. The van der Waals surface area contributed by atoms with Crippen LogP contribution in [0.1, 0.15) is 15.2 Å². The molecule has 0 saturated carbocycles. The van der Waals surface area contributed by atoms with Crippen LogP contribution in [0, 0.1) is 0 Å². The summed E-state index contributed by atoms with van der Waals surface area (Å²) in [7, 11) is 1.94. The first-order valence-corrected chi connectivity index (χ1v) is 9.98. The van der Waals surface area contributed by atoms with Gasteiger partial charge in [0.05, 0.1) is 23.6 Å². The molecule has 1 aliphatic rings. The predicted octanol–water partition coefficient (Wildman–Crippen LogP) is 1.56. The van der Waals surface area contributed by atoms with Gasteiger partial charge in [0.2, 0.25) is 0 Å². The van der Waals surface area contributed by atoms with Crippen LogP contribution in [-0.2, 0) is 11.2 Å². The van der Waals surface area contributed by atoms with Crippen molar-refractivity contribution in [1.82, 2.24) is 10.2 Å². The van der Waals surface area contributed by atoms with Crippen molar-refractivity contribution < 1.29 is 19.7 Å². The summed E-state index contributed by atoms with van der Waals surface area (Å²) in [6.07, 6.45) is -0.988. The van der Waals surface area contributed by atoms with Crippen molar-refractivity contribution in [3.05, 3.63) is 58.3 Å². The maximum Gasteiger partial charge on any atom is 0.261 e. The SMILES string of the molecule is CN(CCc1ccccc1)[C@@H]1[C@H](O)[C@H](CO)O[C@@H]1CNC(=O)c1cccs1.Cl. The van der Waals surface area contributed by atoms with Gasteiger partial charge < -0.3 is 20.3 Å². The van der Waals surface area contributed by atoms with Crippen molar-refractivity contribution in [2.24, 2.45) is 0 Å². The highest BCUT2D eigenvalue weighted by Gasteiger charge is 2.45. The summed E-state index contributed by atoms with van der Waals surface area (Å²) in [5.41, 5.74) is 1.22. The molecule has 1 amide bonds. The van der Waals surface area contributed by atoms with Crippen molar-refractivity contribution in [2.75, 3.05) is 26.7 Å². The molecule has 2 aromatic rings. The van der Waals surface area contributed by atoms with E-state index in [2.05, 4.69) is 22.3 Å².